The lowest BCUT2D eigenvalue weighted by Crippen LogP contribution is -1.96. The van der Waals surface area contributed by atoms with E-state index in [2.05, 4.69) is 226 Å². The molecule has 0 aliphatic carbocycles. The van der Waals surface area contributed by atoms with Crippen LogP contribution in [0.3, 0.4) is 0 Å². The number of furan rings is 1. The highest BCUT2D eigenvalue weighted by atomic mass is 16.3. The zero-order valence-electron chi connectivity index (χ0n) is 32.5. The third-order valence-electron chi connectivity index (χ3n) is 12.4. The minimum atomic E-state index is 0.869. The lowest BCUT2D eigenvalue weighted by Gasteiger charge is -2.12. The first-order valence-corrected chi connectivity index (χ1v) is 20.5. The van der Waals surface area contributed by atoms with Gasteiger partial charge in [-0.2, -0.15) is 0 Å². The van der Waals surface area contributed by atoms with Gasteiger partial charge in [-0.05, 0) is 107 Å². The number of benzene rings is 9. The Kier molecular flexibility index (Phi) is 6.98. The van der Waals surface area contributed by atoms with Crippen molar-refractivity contribution in [1.29, 1.82) is 0 Å². The molecule has 60 heavy (non-hydrogen) atoms. The van der Waals surface area contributed by atoms with E-state index in [4.69, 9.17) is 4.42 Å². The van der Waals surface area contributed by atoms with Crippen molar-refractivity contribution < 1.29 is 4.42 Å². The van der Waals surface area contributed by atoms with Crippen molar-refractivity contribution in [3.63, 3.8) is 0 Å². The van der Waals surface area contributed by atoms with E-state index in [1.807, 2.05) is 0 Å². The summed E-state index contributed by atoms with van der Waals surface area (Å²) in [6, 6.07) is 76.7. The molecule has 0 saturated carbocycles. The van der Waals surface area contributed by atoms with Crippen LogP contribution in [0.4, 0.5) is 0 Å². The molecule has 4 heteroatoms. The van der Waals surface area contributed by atoms with Crippen molar-refractivity contribution >= 4 is 76.6 Å². The molecule has 0 bridgehead atoms. The maximum absolute atomic E-state index is 6.64. The van der Waals surface area contributed by atoms with E-state index < -0.39 is 0 Å². The number of fused-ring (bicyclic) bond motifs is 11. The number of rotatable bonds is 5. The zero-order chi connectivity index (χ0) is 39.3. The third-order valence-corrected chi connectivity index (χ3v) is 12.4. The Hall–Kier alpha value is -8.08. The molecule has 9 aromatic carbocycles. The van der Waals surface area contributed by atoms with Crippen LogP contribution in [0.25, 0.3) is 116 Å². The van der Waals surface area contributed by atoms with Gasteiger partial charge in [0.05, 0.1) is 33.0 Å². The van der Waals surface area contributed by atoms with Gasteiger partial charge in [0.2, 0.25) is 5.71 Å². The van der Waals surface area contributed by atoms with Crippen molar-refractivity contribution in [2.75, 3.05) is 0 Å². The van der Waals surface area contributed by atoms with Crippen LogP contribution in [-0.2, 0) is 0 Å². The van der Waals surface area contributed by atoms with E-state index in [1.54, 1.807) is 0 Å². The van der Waals surface area contributed by atoms with Gasteiger partial charge in [-0.3, -0.25) is 4.57 Å². The number of hydrogen-bond acceptors (Lipinski definition) is 1. The maximum Gasteiger partial charge on any atom is 0.213 e. The maximum atomic E-state index is 6.64. The molecule has 0 atom stereocenters. The van der Waals surface area contributed by atoms with Gasteiger partial charge in [-0.15, -0.1) is 0 Å². The summed E-state index contributed by atoms with van der Waals surface area (Å²) in [4.78, 5) is 0. The van der Waals surface area contributed by atoms with Crippen molar-refractivity contribution in [2.45, 2.75) is 0 Å². The molecule has 4 nitrogen and oxygen atoms in total. The molecular formula is C56H35N3O. The van der Waals surface area contributed by atoms with E-state index >= 15 is 0 Å². The van der Waals surface area contributed by atoms with Crippen molar-refractivity contribution in [1.82, 2.24) is 13.7 Å². The molecule has 0 radical (unpaired) electrons. The third kappa shape index (κ3) is 4.79. The Balaban J connectivity index is 0.922. The van der Waals surface area contributed by atoms with Crippen molar-refractivity contribution in [3.05, 3.63) is 212 Å². The Bertz CT molecular complexity index is 3790. The van der Waals surface area contributed by atoms with Gasteiger partial charge in [0.15, 0.2) is 0 Å². The average Bonchev–Trinajstić information content (AvgIpc) is 4.05. The number of aromatic nitrogens is 3. The molecule has 4 aromatic heterocycles. The largest absolute Gasteiger partial charge is 0.439 e. The predicted octanol–water partition coefficient (Wildman–Crippen LogP) is 15.1. The lowest BCUT2D eigenvalue weighted by atomic mass is 9.97. The molecule has 0 aliphatic heterocycles. The number of nitrogens with zero attached hydrogens (tertiary/aromatic N) is 3. The highest BCUT2D eigenvalue weighted by Crippen LogP contribution is 2.42. The van der Waals surface area contributed by atoms with Crippen LogP contribution in [-0.4, -0.2) is 13.7 Å². The zero-order valence-corrected chi connectivity index (χ0v) is 32.5. The monoisotopic (exact) mass is 765 g/mol. The first kappa shape index (κ1) is 32.9. The smallest absolute Gasteiger partial charge is 0.213 e. The fourth-order valence-corrected chi connectivity index (χ4v) is 9.79. The summed E-state index contributed by atoms with van der Waals surface area (Å²) in [6.07, 6.45) is 0. The van der Waals surface area contributed by atoms with Crippen molar-refractivity contribution in [3.8, 4) is 39.3 Å². The van der Waals surface area contributed by atoms with Crippen LogP contribution < -0.4 is 0 Å². The molecule has 13 rings (SSSR count). The lowest BCUT2D eigenvalue weighted by molar-refractivity contribution is 0.645. The molecule has 13 aromatic rings. The van der Waals surface area contributed by atoms with Gasteiger partial charge in [0.25, 0.3) is 0 Å². The number of hydrogen-bond donors (Lipinski definition) is 0. The van der Waals surface area contributed by atoms with E-state index in [1.165, 1.54) is 60.1 Å². The molecule has 280 valence electrons. The van der Waals surface area contributed by atoms with Crippen LogP contribution in [0.5, 0.6) is 0 Å². The van der Waals surface area contributed by atoms with Gasteiger partial charge in [-0.1, -0.05) is 127 Å². The van der Waals surface area contributed by atoms with Gasteiger partial charge in [-0.25, -0.2) is 0 Å². The fourth-order valence-electron chi connectivity index (χ4n) is 9.79. The highest BCUT2D eigenvalue weighted by molar-refractivity contribution is 6.20. The SMILES string of the molecule is c1ccc(-n2c3ccccc3c3c4cc(-c5cccc(-c6cccc(-n7c8ccccc8c8cc(-n9c%10ccccc%10c%10ccccc%109)ccc87)c6)c5)ccc4oc32)cc1. The van der Waals surface area contributed by atoms with Gasteiger partial charge in [0.1, 0.15) is 5.58 Å². The second-order valence-corrected chi connectivity index (χ2v) is 15.7. The minimum Gasteiger partial charge on any atom is -0.439 e. The molecular weight excluding hydrogens is 731 g/mol. The second-order valence-electron chi connectivity index (χ2n) is 15.7. The molecule has 0 N–H and O–H groups in total. The summed E-state index contributed by atoms with van der Waals surface area (Å²) in [5.41, 5.74) is 15.7. The topological polar surface area (TPSA) is 27.9 Å². The van der Waals surface area contributed by atoms with E-state index in [-0.39, 0.29) is 0 Å². The first-order valence-electron chi connectivity index (χ1n) is 20.5. The quantitative estimate of drug-likeness (QED) is 0.171. The summed E-state index contributed by atoms with van der Waals surface area (Å²) in [6.45, 7) is 0. The Morgan fingerprint density at radius 2 is 0.750 bits per heavy atom. The molecule has 0 amide bonds. The molecule has 4 heterocycles. The molecule has 0 fully saturated rings. The molecule has 0 unspecified atom stereocenters. The Labute approximate surface area is 345 Å². The summed E-state index contributed by atoms with van der Waals surface area (Å²) in [5.74, 6) is 0. The van der Waals surface area contributed by atoms with Gasteiger partial charge >= 0.3 is 0 Å². The Morgan fingerprint density at radius 1 is 0.267 bits per heavy atom. The van der Waals surface area contributed by atoms with Gasteiger partial charge < -0.3 is 13.6 Å². The van der Waals surface area contributed by atoms with Crippen LogP contribution in [0.15, 0.2) is 217 Å². The summed E-state index contributed by atoms with van der Waals surface area (Å²) >= 11 is 0. The van der Waals surface area contributed by atoms with E-state index in [0.29, 0.717) is 0 Å². The fraction of sp³-hybridized carbons (Fsp3) is 0. The van der Waals surface area contributed by atoms with E-state index in [0.717, 1.165) is 55.8 Å². The minimum absolute atomic E-state index is 0.869. The van der Waals surface area contributed by atoms with Crippen LogP contribution in [0, 0.1) is 0 Å². The second kappa shape index (κ2) is 12.7. The van der Waals surface area contributed by atoms with Gasteiger partial charge in [0, 0.05) is 49.4 Å². The highest BCUT2D eigenvalue weighted by Gasteiger charge is 2.20. The first-order chi connectivity index (χ1) is 29.8. The molecule has 0 aliphatic rings. The molecule has 0 saturated heterocycles. The molecule has 0 spiro atoms. The summed E-state index contributed by atoms with van der Waals surface area (Å²) in [5, 5.41) is 8.44. The average molecular weight is 766 g/mol. The number of para-hydroxylation sites is 5. The predicted molar refractivity (Wildman–Crippen MR) is 250 cm³/mol. The van der Waals surface area contributed by atoms with Crippen LogP contribution >= 0.6 is 0 Å². The summed E-state index contributed by atoms with van der Waals surface area (Å²) < 4.78 is 13.7. The Morgan fingerprint density at radius 3 is 1.42 bits per heavy atom. The van der Waals surface area contributed by atoms with Crippen LogP contribution in [0.1, 0.15) is 0 Å². The standard InChI is InChI=1S/C56H35N3O/c1-2-17-40(18-3-1)59-52-27-11-7-23-46(52)55-48-34-39(28-31-54(48)60-56(55)59)37-15-12-14-36(32-37)38-16-13-19-41(33-38)57-51-26-10-6-22-45(51)47-35-42(29-30-53(47)57)58-49-24-8-4-20-43(49)44-21-5-9-25-50(44)58/h1-35H. The normalized spacial score (nSPS) is 12.0. The summed E-state index contributed by atoms with van der Waals surface area (Å²) in [7, 11) is 0. The van der Waals surface area contributed by atoms with E-state index in [9.17, 15) is 0 Å². The van der Waals surface area contributed by atoms with Crippen molar-refractivity contribution in [2.24, 2.45) is 0 Å². The van der Waals surface area contributed by atoms with Crippen LogP contribution in [0.2, 0.25) is 0 Å².